The first-order chi connectivity index (χ1) is 6.39. The lowest BCUT2D eigenvalue weighted by molar-refractivity contribution is 0.384. The summed E-state index contributed by atoms with van der Waals surface area (Å²) in [5, 5.41) is 0.136. The summed E-state index contributed by atoms with van der Waals surface area (Å²) in [7, 11) is 0. The van der Waals surface area contributed by atoms with Gasteiger partial charge in [0.05, 0.1) is 0 Å². The zero-order valence-electron chi connectivity index (χ0n) is 9.34. The van der Waals surface area contributed by atoms with Crippen LogP contribution < -0.4 is 0 Å². The summed E-state index contributed by atoms with van der Waals surface area (Å²) in [6.45, 7) is 8.53. The molecule has 0 spiro atoms. The molecule has 0 aliphatic heterocycles. The highest BCUT2D eigenvalue weighted by atomic mass is 35.5. The van der Waals surface area contributed by atoms with E-state index in [4.69, 9.17) is 11.6 Å². The molecule has 1 atom stereocenters. The molecule has 0 N–H and O–H groups in total. The molecule has 1 rings (SSSR count). The van der Waals surface area contributed by atoms with E-state index in [0.717, 1.165) is 12.1 Å². The average molecular weight is 212 g/mol. The normalized spacial score (nSPS) is 14.1. The Hall–Kier alpha value is -0.560. The van der Waals surface area contributed by atoms with Crippen LogP contribution in [0, 0.1) is 12.3 Å². The highest BCUT2D eigenvalue weighted by Gasteiger charge is 2.22. The lowest BCUT2D eigenvalue weighted by Gasteiger charge is -2.24. The Balaban J connectivity index is 2.70. The number of hydrogen-bond acceptors (Lipinski definition) is 1. The monoisotopic (exact) mass is 211 g/mol. The molecule has 2 heteroatoms. The Labute approximate surface area is 91.5 Å². The summed E-state index contributed by atoms with van der Waals surface area (Å²) in [5.41, 5.74) is 2.46. The second-order valence-corrected chi connectivity index (χ2v) is 5.39. The first kappa shape index (κ1) is 11.5. The standard InChI is InChI=1S/C12H18ClN/c1-9-5-6-14-10(7-9)8-11(13)12(2,3)4/h5-7,11H,8H2,1-4H3. The number of nitrogens with zero attached hydrogens (tertiary/aromatic N) is 1. The lowest BCUT2D eigenvalue weighted by atomic mass is 9.89. The van der Waals surface area contributed by atoms with Crippen LogP contribution in [-0.2, 0) is 6.42 Å². The van der Waals surface area contributed by atoms with Gasteiger partial charge in [-0.05, 0) is 30.0 Å². The van der Waals surface area contributed by atoms with Gasteiger partial charge in [0.2, 0.25) is 0 Å². The molecule has 1 aromatic rings. The predicted octanol–water partition coefficient (Wildman–Crippen LogP) is 3.59. The van der Waals surface area contributed by atoms with E-state index in [1.807, 2.05) is 12.3 Å². The summed E-state index contributed by atoms with van der Waals surface area (Å²) >= 11 is 6.30. The van der Waals surface area contributed by atoms with Gasteiger partial charge < -0.3 is 0 Å². The molecule has 1 heterocycles. The Morgan fingerprint density at radius 2 is 2.07 bits per heavy atom. The second-order valence-electron chi connectivity index (χ2n) is 4.86. The Morgan fingerprint density at radius 3 is 2.57 bits per heavy atom. The third kappa shape index (κ3) is 3.30. The highest BCUT2D eigenvalue weighted by Crippen LogP contribution is 2.26. The third-order valence-corrected chi connectivity index (χ3v) is 3.11. The van der Waals surface area contributed by atoms with E-state index in [-0.39, 0.29) is 10.8 Å². The lowest BCUT2D eigenvalue weighted by Crippen LogP contribution is -2.23. The molecule has 1 unspecified atom stereocenters. The van der Waals surface area contributed by atoms with E-state index < -0.39 is 0 Å². The third-order valence-electron chi connectivity index (χ3n) is 2.30. The molecule has 0 bridgehead atoms. The molecule has 0 aliphatic carbocycles. The largest absolute Gasteiger partial charge is 0.261 e. The maximum absolute atomic E-state index is 6.30. The minimum atomic E-state index is 0.132. The predicted molar refractivity (Wildman–Crippen MR) is 61.8 cm³/mol. The first-order valence-electron chi connectivity index (χ1n) is 4.95. The fraction of sp³-hybridized carbons (Fsp3) is 0.583. The molecule has 78 valence electrons. The molecule has 0 fully saturated rings. The topological polar surface area (TPSA) is 12.9 Å². The average Bonchev–Trinajstić information content (AvgIpc) is 2.02. The van der Waals surface area contributed by atoms with Gasteiger partial charge in [-0.2, -0.15) is 0 Å². The van der Waals surface area contributed by atoms with Crippen molar-refractivity contribution in [3.8, 4) is 0 Å². The second kappa shape index (κ2) is 4.31. The van der Waals surface area contributed by atoms with Crippen LogP contribution in [0.15, 0.2) is 18.3 Å². The van der Waals surface area contributed by atoms with Crippen LogP contribution in [0.3, 0.4) is 0 Å². The number of alkyl halides is 1. The smallest absolute Gasteiger partial charge is 0.0439 e. The summed E-state index contributed by atoms with van der Waals surface area (Å²) in [6, 6.07) is 4.10. The van der Waals surface area contributed by atoms with Crippen molar-refractivity contribution >= 4 is 11.6 Å². The highest BCUT2D eigenvalue weighted by molar-refractivity contribution is 6.21. The molecular weight excluding hydrogens is 194 g/mol. The van der Waals surface area contributed by atoms with Crippen molar-refractivity contribution < 1.29 is 0 Å². The van der Waals surface area contributed by atoms with Crippen molar-refractivity contribution in [1.82, 2.24) is 4.98 Å². The summed E-state index contributed by atoms with van der Waals surface area (Å²) < 4.78 is 0. The zero-order chi connectivity index (χ0) is 10.8. The van der Waals surface area contributed by atoms with E-state index in [0.29, 0.717) is 0 Å². The molecule has 0 saturated carbocycles. The molecule has 1 aromatic heterocycles. The number of hydrogen-bond donors (Lipinski definition) is 0. The van der Waals surface area contributed by atoms with Gasteiger partial charge in [-0.1, -0.05) is 20.8 Å². The fourth-order valence-corrected chi connectivity index (χ4v) is 1.36. The SMILES string of the molecule is Cc1ccnc(CC(Cl)C(C)(C)C)c1. The summed E-state index contributed by atoms with van der Waals surface area (Å²) in [4.78, 5) is 4.31. The number of aryl methyl sites for hydroxylation is 1. The quantitative estimate of drug-likeness (QED) is 0.682. The Bertz CT molecular complexity index is 301. The number of rotatable bonds is 2. The van der Waals surface area contributed by atoms with E-state index >= 15 is 0 Å². The zero-order valence-corrected chi connectivity index (χ0v) is 10.1. The van der Waals surface area contributed by atoms with Crippen molar-refractivity contribution in [3.63, 3.8) is 0 Å². The van der Waals surface area contributed by atoms with Gasteiger partial charge in [0.25, 0.3) is 0 Å². The maximum atomic E-state index is 6.30. The van der Waals surface area contributed by atoms with Crippen LogP contribution in [0.2, 0.25) is 0 Å². The van der Waals surface area contributed by atoms with Crippen molar-refractivity contribution in [1.29, 1.82) is 0 Å². The van der Waals surface area contributed by atoms with Gasteiger partial charge in [0.15, 0.2) is 0 Å². The van der Waals surface area contributed by atoms with Crippen molar-refractivity contribution in [2.75, 3.05) is 0 Å². The molecule has 1 nitrogen and oxygen atoms in total. The van der Waals surface area contributed by atoms with Gasteiger partial charge in [-0.3, -0.25) is 4.98 Å². The van der Waals surface area contributed by atoms with E-state index in [1.54, 1.807) is 0 Å². The molecule has 0 radical (unpaired) electrons. The van der Waals surface area contributed by atoms with Crippen LogP contribution in [0.1, 0.15) is 32.0 Å². The molecule has 0 aliphatic rings. The van der Waals surface area contributed by atoms with Gasteiger partial charge in [0.1, 0.15) is 0 Å². The van der Waals surface area contributed by atoms with Gasteiger partial charge in [0, 0.05) is 23.7 Å². The number of pyridine rings is 1. The molecule has 0 saturated heterocycles. The van der Waals surface area contributed by atoms with E-state index in [2.05, 4.69) is 38.7 Å². The van der Waals surface area contributed by atoms with Crippen LogP contribution >= 0.6 is 11.6 Å². The maximum Gasteiger partial charge on any atom is 0.0439 e. The van der Waals surface area contributed by atoms with Crippen LogP contribution in [0.4, 0.5) is 0 Å². The van der Waals surface area contributed by atoms with Crippen molar-refractivity contribution in [2.45, 2.75) is 39.5 Å². The minimum Gasteiger partial charge on any atom is -0.261 e. The van der Waals surface area contributed by atoms with E-state index in [1.165, 1.54) is 5.56 Å². The van der Waals surface area contributed by atoms with Gasteiger partial charge in [-0.25, -0.2) is 0 Å². The van der Waals surface area contributed by atoms with Crippen molar-refractivity contribution in [3.05, 3.63) is 29.6 Å². The van der Waals surface area contributed by atoms with E-state index in [9.17, 15) is 0 Å². The van der Waals surface area contributed by atoms with Gasteiger partial charge in [-0.15, -0.1) is 11.6 Å². The summed E-state index contributed by atoms with van der Waals surface area (Å²) in [5.74, 6) is 0. The van der Waals surface area contributed by atoms with Crippen molar-refractivity contribution in [2.24, 2.45) is 5.41 Å². The first-order valence-corrected chi connectivity index (χ1v) is 5.39. The minimum absolute atomic E-state index is 0.132. The van der Waals surface area contributed by atoms with Crippen LogP contribution in [0.25, 0.3) is 0 Å². The molecular formula is C12H18ClN. The number of aromatic nitrogens is 1. The Morgan fingerprint density at radius 1 is 1.43 bits per heavy atom. The number of halogens is 1. The Kier molecular flexibility index (Phi) is 3.54. The fourth-order valence-electron chi connectivity index (χ4n) is 1.20. The van der Waals surface area contributed by atoms with Crippen LogP contribution in [-0.4, -0.2) is 10.4 Å². The van der Waals surface area contributed by atoms with Crippen LogP contribution in [0.5, 0.6) is 0 Å². The molecule has 0 aromatic carbocycles. The summed E-state index contributed by atoms with van der Waals surface area (Å²) in [6.07, 6.45) is 2.68. The molecule has 0 amide bonds. The van der Waals surface area contributed by atoms with Gasteiger partial charge >= 0.3 is 0 Å². The molecule has 14 heavy (non-hydrogen) atoms.